The van der Waals surface area contributed by atoms with E-state index >= 15 is 0 Å². The lowest BCUT2D eigenvalue weighted by atomic mass is 9.94. The van der Waals surface area contributed by atoms with E-state index < -0.39 is 0 Å². The van der Waals surface area contributed by atoms with Gasteiger partial charge in [-0.3, -0.25) is 9.69 Å². The van der Waals surface area contributed by atoms with Gasteiger partial charge < -0.3 is 0 Å². The topological polar surface area (TPSA) is 35.9 Å². The number of carbonyl (C=O) groups excluding carboxylic acids is 1. The maximum atomic E-state index is 13.4. The molecule has 1 amide bonds. The molecular formula is C26H33N3O. The molecule has 2 atom stereocenters. The van der Waals surface area contributed by atoms with E-state index in [1.807, 2.05) is 0 Å². The molecule has 4 rings (SSSR count). The summed E-state index contributed by atoms with van der Waals surface area (Å²) in [4.78, 5) is 15.7. The van der Waals surface area contributed by atoms with Gasteiger partial charge in [0.1, 0.15) is 0 Å². The number of likely N-dealkylation sites (tertiary alicyclic amines) is 1. The largest absolute Gasteiger partial charge is 0.292 e. The van der Waals surface area contributed by atoms with E-state index in [0.29, 0.717) is 12.6 Å². The number of amides is 1. The van der Waals surface area contributed by atoms with E-state index in [1.54, 1.807) is 5.01 Å². The zero-order valence-electron chi connectivity index (χ0n) is 18.7. The molecule has 0 radical (unpaired) electrons. The predicted octanol–water partition coefficient (Wildman–Crippen LogP) is 5.16. The lowest BCUT2D eigenvalue weighted by Crippen LogP contribution is -2.44. The zero-order chi connectivity index (χ0) is 21.3. The smallest absolute Gasteiger partial charge is 0.257 e. The number of hydrogen-bond acceptors (Lipinski definition) is 3. The Bertz CT molecular complexity index is 947. The third-order valence-electron chi connectivity index (χ3n) is 6.61. The Balaban J connectivity index is 1.64. The first-order valence-corrected chi connectivity index (χ1v) is 11.2. The van der Waals surface area contributed by atoms with Crippen molar-refractivity contribution in [2.24, 2.45) is 5.10 Å². The Hall–Kier alpha value is -2.46. The number of aryl methyl sites for hydroxylation is 3. The maximum absolute atomic E-state index is 13.4. The molecule has 0 unspecified atom stereocenters. The molecule has 158 valence electrons. The van der Waals surface area contributed by atoms with Gasteiger partial charge in [-0.05, 0) is 64.3 Å². The molecule has 4 heteroatoms. The first-order valence-electron chi connectivity index (χ1n) is 11.2. The number of carbonyl (C=O) groups is 1. The van der Waals surface area contributed by atoms with Crippen LogP contribution in [0.3, 0.4) is 0 Å². The van der Waals surface area contributed by atoms with Crippen LogP contribution in [0.25, 0.3) is 0 Å². The molecule has 4 nitrogen and oxygen atoms in total. The normalized spacial score (nSPS) is 22.3. The Kier molecular flexibility index (Phi) is 6.05. The van der Waals surface area contributed by atoms with Crippen LogP contribution in [0.1, 0.15) is 66.5 Å². The van der Waals surface area contributed by atoms with Crippen LogP contribution in [0.15, 0.2) is 47.6 Å². The minimum Gasteiger partial charge on any atom is -0.292 e. The molecular weight excluding hydrogens is 370 g/mol. The van der Waals surface area contributed by atoms with Crippen LogP contribution in [-0.4, -0.2) is 40.7 Å². The van der Waals surface area contributed by atoms with Crippen molar-refractivity contribution in [1.82, 2.24) is 9.91 Å². The minimum absolute atomic E-state index is 0.0342. The maximum Gasteiger partial charge on any atom is 0.257 e. The molecule has 2 heterocycles. The quantitative estimate of drug-likeness (QED) is 0.706. The molecule has 30 heavy (non-hydrogen) atoms. The van der Waals surface area contributed by atoms with Crippen LogP contribution >= 0.6 is 0 Å². The fourth-order valence-corrected chi connectivity index (χ4v) is 4.64. The Morgan fingerprint density at radius 3 is 2.50 bits per heavy atom. The summed E-state index contributed by atoms with van der Waals surface area (Å²) in [5, 5.41) is 6.67. The molecule has 2 aliphatic heterocycles. The van der Waals surface area contributed by atoms with E-state index in [2.05, 4.69) is 75.1 Å². The highest BCUT2D eigenvalue weighted by atomic mass is 16.2. The van der Waals surface area contributed by atoms with Crippen LogP contribution in [0.2, 0.25) is 0 Å². The standard InChI is InChI=1S/C26H33N3O/c1-18-9-12-22(13-10-18)25-16-24(23-15-19(2)8-11-20(23)3)27-29(25)26(30)17-28-14-6-5-7-21(28)4/h8-13,15,21,25H,5-7,14,16-17H2,1-4H3/t21-,25+/m1/s1. The van der Waals surface area contributed by atoms with Gasteiger partial charge in [0.15, 0.2) is 0 Å². The number of hydrazone groups is 1. The van der Waals surface area contributed by atoms with E-state index in [-0.39, 0.29) is 11.9 Å². The molecule has 0 saturated carbocycles. The number of rotatable bonds is 4. The van der Waals surface area contributed by atoms with Gasteiger partial charge in [-0.25, -0.2) is 5.01 Å². The van der Waals surface area contributed by atoms with Gasteiger partial charge in [0.2, 0.25) is 0 Å². The van der Waals surface area contributed by atoms with Crippen LogP contribution in [-0.2, 0) is 4.79 Å². The number of hydrogen-bond donors (Lipinski definition) is 0. The van der Waals surface area contributed by atoms with Crippen LogP contribution in [0.4, 0.5) is 0 Å². The summed E-state index contributed by atoms with van der Waals surface area (Å²) >= 11 is 0. The second-order valence-electron chi connectivity index (χ2n) is 9.05. The summed E-state index contributed by atoms with van der Waals surface area (Å²) in [5.74, 6) is 0.106. The number of piperidine rings is 1. The fraction of sp³-hybridized carbons (Fsp3) is 0.462. The molecule has 0 aliphatic carbocycles. The van der Waals surface area contributed by atoms with Gasteiger partial charge >= 0.3 is 0 Å². The molecule has 2 aromatic rings. The molecule has 2 aliphatic rings. The summed E-state index contributed by atoms with van der Waals surface area (Å²) in [6.07, 6.45) is 4.37. The third-order valence-corrected chi connectivity index (χ3v) is 6.61. The van der Waals surface area contributed by atoms with E-state index in [4.69, 9.17) is 5.10 Å². The van der Waals surface area contributed by atoms with Crippen LogP contribution in [0.5, 0.6) is 0 Å². The summed E-state index contributed by atoms with van der Waals surface area (Å²) < 4.78 is 0. The van der Waals surface area contributed by atoms with Crippen molar-refractivity contribution in [2.45, 2.75) is 65.5 Å². The molecule has 2 aromatic carbocycles. The van der Waals surface area contributed by atoms with Gasteiger partial charge in [-0.1, -0.05) is 53.9 Å². The summed E-state index contributed by atoms with van der Waals surface area (Å²) in [6, 6.07) is 15.4. The zero-order valence-corrected chi connectivity index (χ0v) is 18.7. The molecule has 0 bridgehead atoms. The Labute approximate surface area is 180 Å². The summed E-state index contributed by atoms with van der Waals surface area (Å²) in [7, 11) is 0. The Morgan fingerprint density at radius 2 is 1.77 bits per heavy atom. The predicted molar refractivity (Wildman–Crippen MR) is 123 cm³/mol. The second kappa shape index (κ2) is 8.73. The highest BCUT2D eigenvalue weighted by Crippen LogP contribution is 2.34. The lowest BCUT2D eigenvalue weighted by molar-refractivity contribution is -0.135. The van der Waals surface area contributed by atoms with Gasteiger partial charge in [-0.2, -0.15) is 5.10 Å². The van der Waals surface area contributed by atoms with Crippen molar-refractivity contribution in [1.29, 1.82) is 0 Å². The van der Waals surface area contributed by atoms with Gasteiger partial charge in [0.25, 0.3) is 5.91 Å². The monoisotopic (exact) mass is 403 g/mol. The van der Waals surface area contributed by atoms with Crippen molar-refractivity contribution in [2.75, 3.05) is 13.1 Å². The average molecular weight is 404 g/mol. The van der Waals surface area contributed by atoms with E-state index in [0.717, 1.165) is 29.8 Å². The van der Waals surface area contributed by atoms with Crippen molar-refractivity contribution in [3.05, 3.63) is 70.3 Å². The van der Waals surface area contributed by atoms with Crippen molar-refractivity contribution >= 4 is 11.6 Å². The minimum atomic E-state index is -0.0342. The number of benzene rings is 2. The van der Waals surface area contributed by atoms with Gasteiger partial charge in [0, 0.05) is 18.0 Å². The lowest BCUT2D eigenvalue weighted by Gasteiger charge is -2.34. The first kappa shape index (κ1) is 20.8. The molecule has 0 spiro atoms. The molecule has 1 saturated heterocycles. The van der Waals surface area contributed by atoms with Crippen molar-refractivity contribution < 1.29 is 4.79 Å². The molecule has 0 N–H and O–H groups in total. The second-order valence-corrected chi connectivity index (χ2v) is 9.05. The Morgan fingerprint density at radius 1 is 1.03 bits per heavy atom. The molecule has 1 fully saturated rings. The van der Waals surface area contributed by atoms with Crippen LogP contribution in [0, 0.1) is 20.8 Å². The highest BCUT2D eigenvalue weighted by Gasteiger charge is 2.35. The van der Waals surface area contributed by atoms with E-state index in [9.17, 15) is 4.79 Å². The SMILES string of the molecule is Cc1ccc([C@@H]2CC(c3cc(C)ccc3C)=NN2C(=O)CN2CCCC[C@H]2C)cc1. The average Bonchev–Trinajstić information content (AvgIpc) is 3.17. The third kappa shape index (κ3) is 4.34. The van der Waals surface area contributed by atoms with Gasteiger partial charge in [-0.15, -0.1) is 0 Å². The van der Waals surface area contributed by atoms with Crippen molar-refractivity contribution in [3.8, 4) is 0 Å². The highest BCUT2D eigenvalue weighted by molar-refractivity contribution is 6.04. The van der Waals surface area contributed by atoms with E-state index in [1.165, 1.54) is 36.0 Å². The summed E-state index contributed by atoms with van der Waals surface area (Å²) in [6.45, 7) is 10.0. The number of nitrogens with zero attached hydrogens (tertiary/aromatic N) is 3. The fourth-order valence-electron chi connectivity index (χ4n) is 4.64. The molecule has 0 aromatic heterocycles. The van der Waals surface area contributed by atoms with Gasteiger partial charge in [0.05, 0.1) is 18.3 Å². The van der Waals surface area contributed by atoms with Crippen LogP contribution < -0.4 is 0 Å². The van der Waals surface area contributed by atoms with Crippen molar-refractivity contribution in [3.63, 3.8) is 0 Å². The summed E-state index contributed by atoms with van der Waals surface area (Å²) in [5.41, 5.74) is 6.99. The first-order chi connectivity index (χ1) is 14.4.